The summed E-state index contributed by atoms with van der Waals surface area (Å²) in [7, 11) is 1.94. The summed E-state index contributed by atoms with van der Waals surface area (Å²) in [6, 6.07) is 0. The molecule has 0 spiro atoms. The second-order valence-electron chi connectivity index (χ2n) is 2.79. The first-order valence-electron chi connectivity index (χ1n) is 3.54. The summed E-state index contributed by atoms with van der Waals surface area (Å²) < 4.78 is 1.83. The molecule has 0 saturated heterocycles. The average Bonchev–Trinajstić information content (AvgIpc) is 2.18. The first-order valence-corrected chi connectivity index (χ1v) is 4.42. The number of aryl methyl sites for hydroxylation is 1. The normalized spacial score (nSPS) is 9.73. The summed E-state index contributed by atoms with van der Waals surface area (Å²) in [5.74, 6) is 0. The Kier molecular flexibility index (Phi) is 2.35. The molecule has 0 N–H and O–H groups in total. The third-order valence-electron chi connectivity index (χ3n) is 1.66. The minimum atomic E-state index is 1.31. The molecule has 0 unspecified atom stereocenters. The quantitative estimate of drug-likeness (QED) is 0.275. The highest BCUT2D eigenvalue weighted by Crippen LogP contribution is 2.21. The molecule has 1 aromatic heterocycles. The van der Waals surface area contributed by atoms with Gasteiger partial charge in [0.2, 0.25) is 0 Å². The van der Waals surface area contributed by atoms with Crippen LogP contribution in [0.15, 0.2) is 5.38 Å². The monoisotopic (exact) mass is 167 g/mol. The molecule has 60 valence electrons. The fourth-order valence-corrected chi connectivity index (χ4v) is 1.91. The van der Waals surface area contributed by atoms with Gasteiger partial charge >= 0.3 is 0 Å². The fourth-order valence-electron chi connectivity index (χ4n) is 0.850. The van der Waals surface area contributed by atoms with Crippen molar-refractivity contribution < 1.29 is 4.58 Å². The number of hydrogen-bond acceptors (Lipinski definition) is 0. The summed E-state index contributed by atoms with van der Waals surface area (Å²) in [5.41, 5.74) is 2.73. The van der Waals surface area contributed by atoms with Crippen LogP contribution in [0, 0.1) is 20.4 Å². The van der Waals surface area contributed by atoms with Gasteiger partial charge in [-0.15, -0.1) is 13.8 Å². The summed E-state index contributed by atoms with van der Waals surface area (Å²) in [6.45, 7) is 10.1. The van der Waals surface area contributed by atoms with Gasteiger partial charge in [-0.25, -0.2) is 0 Å². The number of rotatable bonds is 2. The van der Waals surface area contributed by atoms with E-state index < -0.39 is 0 Å². The van der Waals surface area contributed by atoms with Crippen LogP contribution in [-0.4, -0.2) is 18.3 Å². The van der Waals surface area contributed by atoms with Crippen LogP contribution in [0.25, 0.3) is 0 Å². The van der Waals surface area contributed by atoms with Crippen molar-refractivity contribution in [2.45, 2.75) is 13.8 Å². The minimum Gasteiger partial charge on any atom is -0.325 e. The van der Waals surface area contributed by atoms with Gasteiger partial charge in [0.1, 0.15) is 7.05 Å². The standard InChI is InChI=1S/C9H13NS/c1-7-6-11-9(8(7)2)5-10(3)4/h5-6H,3H2,1-2,4H3. The molecule has 1 heterocycles. The number of nitrogens with zero attached hydrogens (tertiary/aromatic N) is 1. The van der Waals surface area contributed by atoms with Gasteiger partial charge in [-0.05, 0) is 0 Å². The maximum Gasteiger partial charge on any atom is 0.114 e. The summed E-state index contributed by atoms with van der Waals surface area (Å²) >= 11 is 1.77. The second kappa shape index (κ2) is 3.09. The summed E-state index contributed by atoms with van der Waals surface area (Å²) in [6.07, 6.45) is 0. The Bertz CT molecular complexity index is 273. The van der Waals surface area contributed by atoms with E-state index in [4.69, 9.17) is 0 Å². The third kappa shape index (κ3) is 1.84. The van der Waals surface area contributed by atoms with Gasteiger partial charge in [-0.3, -0.25) is 0 Å². The van der Waals surface area contributed by atoms with Crippen LogP contribution in [0.1, 0.15) is 16.0 Å². The average molecular weight is 167 g/mol. The van der Waals surface area contributed by atoms with E-state index in [1.807, 2.05) is 18.2 Å². The molecule has 2 heteroatoms. The topological polar surface area (TPSA) is 3.01 Å². The lowest BCUT2D eigenvalue weighted by atomic mass is 10.2. The van der Waals surface area contributed by atoms with Crippen molar-refractivity contribution in [1.82, 2.24) is 0 Å². The van der Waals surface area contributed by atoms with Crippen LogP contribution < -0.4 is 0 Å². The van der Waals surface area contributed by atoms with E-state index in [0.717, 1.165) is 0 Å². The Morgan fingerprint density at radius 2 is 2.27 bits per heavy atom. The van der Waals surface area contributed by atoms with Gasteiger partial charge in [0.15, 0.2) is 0 Å². The highest BCUT2D eigenvalue weighted by molar-refractivity contribution is 7.10. The van der Waals surface area contributed by atoms with Crippen LogP contribution in [0.4, 0.5) is 0 Å². The van der Waals surface area contributed by atoms with Gasteiger partial charge in [-0.1, -0.05) is 0 Å². The Morgan fingerprint density at radius 3 is 2.64 bits per heavy atom. The fraction of sp³-hybridized carbons (Fsp3) is 0.333. The molecule has 0 atom stereocenters. The van der Waals surface area contributed by atoms with Crippen molar-refractivity contribution >= 4 is 18.1 Å². The lowest BCUT2D eigenvalue weighted by Crippen LogP contribution is -1.97. The molecule has 0 saturated carbocycles. The van der Waals surface area contributed by atoms with Gasteiger partial charge in [0.25, 0.3) is 0 Å². The van der Waals surface area contributed by atoms with Crippen molar-refractivity contribution in [3.05, 3.63) is 27.9 Å². The number of hydrogen-bond donors (Lipinski definition) is 0. The van der Waals surface area contributed by atoms with Crippen molar-refractivity contribution in [3.63, 3.8) is 0 Å². The summed E-state index contributed by atoms with van der Waals surface area (Å²) in [5, 5.41) is 2.17. The first-order chi connectivity index (χ1) is 5.11. The van der Waals surface area contributed by atoms with Crippen LogP contribution in [-0.2, 0) is 0 Å². The highest BCUT2D eigenvalue weighted by atomic mass is 32.1. The molecule has 0 aliphatic rings. The molecular formula is C9H13NS. The number of thiophene rings is 1. The predicted molar refractivity (Wildman–Crippen MR) is 50.5 cm³/mol. The van der Waals surface area contributed by atoms with Crippen molar-refractivity contribution in [3.8, 4) is 0 Å². The Morgan fingerprint density at radius 1 is 1.64 bits per heavy atom. The zero-order valence-electron chi connectivity index (χ0n) is 7.22. The van der Waals surface area contributed by atoms with Crippen molar-refractivity contribution in [2.75, 3.05) is 7.05 Å². The molecule has 0 bridgehead atoms. The van der Waals surface area contributed by atoms with Crippen LogP contribution >= 0.6 is 11.3 Å². The highest BCUT2D eigenvalue weighted by Gasteiger charge is 2.01. The molecule has 0 aromatic carbocycles. The maximum atomic E-state index is 3.77. The molecule has 0 radical (unpaired) electrons. The molecule has 1 rings (SSSR count). The van der Waals surface area contributed by atoms with Gasteiger partial charge < -0.3 is 4.58 Å². The van der Waals surface area contributed by atoms with Gasteiger partial charge in [0, 0.05) is 12.1 Å². The Balaban J connectivity index is 2.87. The van der Waals surface area contributed by atoms with Crippen LogP contribution in [0.3, 0.4) is 0 Å². The molecule has 0 aliphatic heterocycles. The van der Waals surface area contributed by atoms with Crippen LogP contribution in [0.5, 0.6) is 0 Å². The van der Waals surface area contributed by atoms with E-state index >= 15 is 0 Å². The lowest BCUT2D eigenvalue weighted by Gasteiger charge is -2.03. The smallest absolute Gasteiger partial charge is 0.114 e. The Labute approximate surface area is 72.0 Å². The minimum absolute atomic E-state index is 1.31. The third-order valence-corrected chi connectivity index (χ3v) is 2.80. The lowest BCUT2D eigenvalue weighted by molar-refractivity contribution is -0.438. The molecule has 0 fully saturated rings. The first kappa shape index (κ1) is 8.34. The Hall–Kier alpha value is -0.760. The van der Waals surface area contributed by atoms with E-state index in [2.05, 4.69) is 25.9 Å². The molecule has 0 aliphatic carbocycles. The van der Waals surface area contributed by atoms with Gasteiger partial charge in [0.05, 0.1) is 22.8 Å². The van der Waals surface area contributed by atoms with E-state index in [1.54, 1.807) is 11.3 Å². The molecule has 1 aromatic rings. The zero-order valence-corrected chi connectivity index (χ0v) is 8.03. The van der Waals surface area contributed by atoms with E-state index in [0.29, 0.717) is 0 Å². The van der Waals surface area contributed by atoms with E-state index in [1.165, 1.54) is 16.0 Å². The van der Waals surface area contributed by atoms with Gasteiger partial charge in [-0.2, -0.15) is 11.1 Å². The predicted octanol–water partition coefficient (Wildman–Crippen LogP) is 2.22. The maximum absolute atomic E-state index is 3.77. The largest absolute Gasteiger partial charge is 0.325 e. The SMILES string of the molecule is C=[N+](C)[CH-][c-]1[s+]cc(C)c1C. The molecule has 11 heavy (non-hydrogen) atoms. The van der Waals surface area contributed by atoms with Crippen molar-refractivity contribution in [2.24, 2.45) is 0 Å². The molecule has 0 amide bonds. The van der Waals surface area contributed by atoms with Crippen molar-refractivity contribution in [1.29, 1.82) is 0 Å². The molecular weight excluding hydrogens is 154 g/mol. The van der Waals surface area contributed by atoms with Crippen LogP contribution in [0.2, 0.25) is 0 Å². The summed E-state index contributed by atoms with van der Waals surface area (Å²) in [4.78, 5) is 1.31. The van der Waals surface area contributed by atoms with E-state index in [-0.39, 0.29) is 0 Å². The molecule has 1 nitrogen and oxygen atoms in total. The second-order valence-corrected chi connectivity index (χ2v) is 3.71. The zero-order chi connectivity index (χ0) is 8.43. The van der Waals surface area contributed by atoms with E-state index in [9.17, 15) is 0 Å².